The van der Waals surface area contributed by atoms with Gasteiger partial charge in [-0.3, -0.25) is 14.9 Å². The molecule has 8 nitrogen and oxygen atoms in total. The summed E-state index contributed by atoms with van der Waals surface area (Å²) in [5, 5.41) is 11.3. The molecule has 2 rings (SSSR count). The van der Waals surface area contributed by atoms with Crippen molar-refractivity contribution in [2.24, 2.45) is 4.99 Å². The minimum absolute atomic E-state index is 0.0180. The average Bonchev–Trinajstić information content (AvgIpc) is 2.45. The first-order valence-corrected chi connectivity index (χ1v) is 6.71. The summed E-state index contributed by atoms with van der Waals surface area (Å²) in [7, 11) is 1.35. The molecular formula is C14H11ClN2O6. The molecule has 1 aromatic carbocycles. The molecule has 0 fully saturated rings. The van der Waals surface area contributed by atoms with Crippen molar-refractivity contribution in [1.82, 2.24) is 0 Å². The number of benzene rings is 1. The molecule has 0 aliphatic carbocycles. The van der Waals surface area contributed by atoms with Gasteiger partial charge in [0.05, 0.1) is 7.11 Å². The van der Waals surface area contributed by atoms with Crippen LogP contribution in [0.25, 0.3) is 0 Å². The second-order valence-corrected chi connectivity index (χ2v) is 5.00. The Labute approximate surface area is 135 Å². The maximum Gasteiger partial charge on any atom is 0.348 e. The third kappa shape index (κ3) is 3.54. The number of nitrogens with zero attached hydrogens (tertiary/aromatic N) is 2. The third-order valence-corrected chi connectivity index (χ3v) is 3.18. The van der Waals surface area contributed by atoms with E-state index in [1.54, 1.807) is 0 Å². The highest BCUT2D eigenvalue weighted by atomic mass is 35.5. The van der Waals surface area contributed by atoms with Crippen LogP contribution in [0, 0.1) is 10.1 Å². The maximum absolute atomic E-state index is 12.3. The highest BCUT2D eigenvalue weighted by Crippen LogP contribution is 2.25. The lowest BCUT2D eigenvalue weighted by Crippen LogP contribution is -2.35. The number of allylic oxidation sites excluding steroid dienone is 1. The molecule has 0 bridgehead atoms. The lowest BCUT2D eigenvalue weighted by atomic mass is 10.1. The fraction of sp³-hybridized carbons (Fsp3) is 0.214. The zero-order valence-electron chi connectivity index (χ0n) is 12.1. The van der Waals surface area contributed by atoms with Crippen molar-refractivity contribution in [3.8, 4) is 5.75 Å². The zero-order valence-corrected chi connectivity index (χ0v) is 12.9. The number of halogens is 1. The van der Waals surface area contributed by atoms with Gasteiger partial charge in [0.15, 0.2) is 5.76 Å². The van der Waals surface area contributed by atoms with Crippen LogP contribution in [-0.4, -0.2) is 35.7 Å². The van der Waals surface area contributed by atoms with E-state index in [-0.39, 0.29) is 22.0 Å². The molecule has 0 saturated carbocycles. The lowest BCUT2D eigenvalue weighted by Gasteiger charge is -2.15. The van der Waals surface area contributed by atoms with E-state index in [0.29, 0.717) is 0 Å². The van der Waals surface area contributed by atoms with Crippen molar-refractivity contribution < 1.29 is 24.0 Å². The van der Waals surface area contributed by atoms with Gasteiger partial charge < -0.3 is 9.47 Å². The average molecular weight is 339 g/mol. The first kappa shape index (κ1) is 16.6. The molecule has 0 spiro atoms. The minimum Gasteiger partial charge on any atom is -0.496 e. The normalized spacial score (nSPS) is 17.2. The van der Waals surface area contributed by atoms with Crippen LogP contribution in [0.15, 0.2) is 35.0 Å². The lowest BCUT2D eigenvalue weighted by molar-refractivity contribution is -0.501. The van der Waals surface area contributed by atoms with E-state index in [1.807, 2.05) is 0 Å². The van der Waals surface area contributed by atoms with Gasteiger partial charge in [-0.15, -0.1) is 0 Å². The molecule has 0 aromatic heterocycles. The summed E-state index contributed by atoms with van der Waals surface area (Å²) in [6.45, 7) is 1.46. The van der Waals surface area contributed by atoms with Crippen LogP contribution in [0.2, 0.25) is 5.02 Å². The molecule has 23 heavy (non-hydrogen) atoms. The first-order chi connectivity index (χ1) is 10.8. The molecule has 1 aliphatic rings. The number of hydrogen-bond acceptors (Lipinski definition) is 6. The molecule has 1 atom stereocenters. The quantitative estimate of drug-likeness (QED) is 0.472. The molecule has 120 valence electrons. The van der Waals surface area contributed by atoms with E-state index in [2.05, 4.69) is 4.99 Å². The molecule has 9 heteroatoms. The molecule has 0 N–H and O–H groups in total. The van der Waals surface area contributed by atoms with Crippen LogP contribution >= 0.6 is 11.6 Å². The molecule has 1 aliphatic heterocycles. The number of dihydropyridines is 1. The van der Waals surface area contributed by atoms with Crippen molar-refractivity contribution in [3.63, 3.8) is 0 Å². The van der Waals surface area contributed by atoms with Gasteiger partial charge in [0.1, 0.15) is 11.3 Å². The summed E-state index contributed by atoms with van der Waals surface area (Å²) < 4.78 is 10.1. The third-order valence-electron chi connectivity index (χ3n) is 2.94. The number of nitro groups is 1. The molecular weight excluding hydrogens is 328 g/mol. The monoisotopic (exact) mass is 338 g/mol. The number of ether oxygens (including phenoxy) is 2. The predicted octanol–water partition coefficient (Wildman–Crippen LogP) is 2.04. The van der Waals surface area contributed by atoms with Gasteiger partial charge in [0, 0.05) is 21.7 Å². The Kier molecular flexibility index (Phi) is 4.75. The Balaban J connectivity index is 2.35. The fourth-order valence-corrected chi connectivity index (χ4v) is 2.13. The Morgan fingerprint density at radius 2 is 2.13 bits per heavy atom. The van der Waals surface area contributed by atoms with Gasteiger partial charge >= 0.3 is 17.9 Å². The number of carbonyl (C=O) groups excluding carboxylic acids is 2. The molecule has 0 radical (unpaired) electrons. The van der Waals surface area contributed by atoms with Crippen LogP contribution in [0.1, 0.15) is 17.3 Å². The van der Waals surface area contributed by atoms with E-state index in [4.69, 9.17) is 21.1 Å². The van der Waals surface area contributed by atoms with E-state index in [1.165, 1.54) is 38.3 Å². The molecule has 1 aromatic rings. The number of hydrogen-bond donors (Lipinski definition) is 0. The number of methoxy groups -OCH3 is 1. The largest absolute Gasteiger partial charge is 0.496 e. The standard InChI is InChI=1S/C14H11ClN2O6/c1-7-5-11(12(17(20)21)13(18)16-7)23-14(19)9-6-8(15)3-4-10(9)22-2/h3-6,12H,1-2H3. The smallest absolute Gasteiger partial charge is 0.348 e. The number of esters is 1. The zero-order chi connectivity index (χ0) is 17.1. The van der Waals surface area contributed by atoms with E-state index in [9.17, 15) is 19.7 Å². The van der Waals surface area contributed by atoms with Crippen LogP contribution in [0.3, 0.4) is 0 Å². The molecule has 0 saturated heterocycles. The van der Waals surface area contributed by atoms with Gasteiger partial charge in [-0.2, -0.15) is 0 Å². The number of amides is 1. The van der Waals surface area contributed by atoms with Gasteiger partial charge in [-0.05, 0) is 25.1 Å². The number of rotatable bonds is 4. The van der Waals surface area contributed by atoms with Gasteiger partial charge in [-0.25, -0.2) is 9.79 Å². The van der Waals surface area contributed by atoms with Crippen LogP contribution < -0.4 is 4.74 Å². The molecule has 1 heterocycles. The van der Waals surface area contributed by atoms with E-state index < -0.39 is 28.6 Å². The fourth-order valence-electron chi connectivity index (χ4n) is 1.95. The minimum atomic E-state index is -1.85. The summed E-state index contributed by atoms with van der Waals surface area (Å²) in [5.74, 6) is -2.15. The summed E-state index contributed by atoms with van der Waals surface area (Å²) in [6, 6.07) is 2.41. The summed E-state index contributed by atoms with van der Waals surface area (Å²) in [5.41, 5.74) is 0.185. The van der Waals surface area contributed by atoms with Gasteiger partial charge in [0.25, 0.3) is 0 Å². The van der Waals surface area contributed by atoms with Gasteiger partial charge in [-0.1, -0.05) is 11.6 Å². The van der Waals surface area contributed by atoms with Crippen LogP contribution in [0.5, 0.6) is 5.75 Å². The SMILES string of the molecule is COc1ccc(Cl)cc1C(=O)OC1=CC(C)=NC(=O)C1[N+](=O)[O-]. The number of aliphatic imine (C=N–C) groups is 1. The van der Waals surface area contributed by atoms with Crippen molar-refractivity contribution in [1.29, 1.82) is 0 Å². The van der Waals surface area contributed by atoms with Crippen molar-refractivity contribution in [2.45, 2.75) is 13.0 Å². The maximum atomic E-state index is 12.3. The Morgan fingerprint density at radius 3 is 2.74 bits per heavy atom. The Bertz CT molecular complexity index is 756. The van der Waals surface area contributed by atoms with Crippen LogP contribution in [0.4, 0.5) is 0 Å². The van der Waals surface area contributed by atoms with E-state index >= 15 is 0 Å². The summed E-state index contributed by atoms with van der Waals surface area (Å²) >= 11 is 5.83. The summed E-state index contributed by atoms with van der Waals surface area (Å²) in [6.07, 6.45) is 1.17. The first-order valence-electron chi connectivity index (χ1n) is 6.33. The second kappa shape index (κ2) is 6.57. The second-order valence-electron chi connectivity index (χ2n) is 4.56. The highest BCUT2D eigenvalue weighted by Gasteiger charge is 2.40. The highest BCUT2D eigenvalue weighted by molar-refractivity contribution is 6.31. The van der Waals surface area contributed by atoms with E-state index in [0.717, 1.165) is 0 Å². The van der Waals surface area contributed by atoms with Crippen molar-refractivity contribution in [3.05, 3.63) is 50.7 Å². The number of carbonyl (C=O) groups is 2. The van der Waals surface area contributed by atoms with Crippen LogP contribution in [-0.2, 0) is 9.53 Å². The summed E-state index contributed by atoms with van der Waals surface area (Å²) in [4.78, 5) is 37.5. The Morgan fingerprint density at radius 1 is 1.43 bits per heavy atom. The molecule has 1 amide bonds. The van der Waals surface area contributed by atoms with Crippen molar-refractivity contribution in [2.75, 3.05) is 7.11 Å². The van der Waals surface area contributed by atoms with Gasteiger partial charge in [0.2, 0.25) is 0 Å². The topological polar surface area (TPSA) is 108 Å². The predicted molar refractivity (Wildman–Crippen MR) is 80.4 cm³/mol. The van der Waals surface area contributed by atoms with Crippen molar-refractivity contribution >= 4 is 29.2 Å². The Hall–Kier alpha value is -2.74. The molecule has 1 unspecified atom stereocenters.